The molecule has 26 heavy (non-hydrogen) atoms. The maximum Gasteiger partial charge on any atom is 0.288 e. The number of benzene rings is 2. The second-order valence-corrected chi connectivity index (χ2v) is 6.55. The minimum atomic E-state index is -2.43. The molecule has 2 aromatic carbocycles. The Morgan fingerprint density at radius 2 is 1.69 bits per heavy atom. The van der Waals surface area contributed by atoms with Gasteiger partial charge in [0.1, 0.15) is 0 Å². The molecule has 0 heterocycles. The van der Waals surface area contributed by atoms with E-state index in [2.05, 4.69) is 24.1 Å². The fraction of sp³-hybridized carbons (Fsp3) is 0.250. The number of nitrogens with zero attached hydrogens (tertiary/aromatic N) is 1. The first-order valence-corrected chi connectivity index (χ1v) is 9.28. The molecule has 2 rings (SSSR count). The van der Waals surface area contributed by atoms with Crippen LogP contribution in [0.3, 0.4) is 0 Å². The quantitative estimate of drug-likeness (QED) is 0.488. The first-order chi connectivity index (χ1) is 12.5. The lowest BCUT2D eigenvalue weighted by Crippen LogP contribution is -2.21. The van der Waals surface area contributed by atoms with E-state index in [0.29, 0.717) is 16.7 Å². The molecule has 6 heteroatoms. The van der Waals surface area contributed by atoms with Gasteiger partial charge in [-0.15, -0.1) is 0 Å². The fourth-order valence-electron chi connectivity index (χ4n) is 2.46. The van der Waals surface area contributed by atoms with Crippen molar-refractivity contribution in [1.29, 1.82) is 0 Å². The maximum atomic E-state index is 12.3. The molecule has 0 fully saturated rings. The lowest BCUT2D eigenvalue weighted by Gasteiger charge is -2.21. The Morgan fingerprint density at radius 3 is 2.23 bits per heavy atom. The third-order valence-electron chi connectivity index (χ3n) is 3.80. The number of alkyl halides is 2. The van der Waals surface area contributed by atoms with Crippen molar-refractivity contribution in [3.05, 3.63) is 60.2 Å². The zero-order valence-electron chi connectivity index (χ0n) is 14.8. The molecule has 3 nitrogen and oxygen atoms in total. The molecule has 1 N–H and O–H groups in total. The average Bonchev–Trinajstić information content (AvgIpc) is 2.63. The van der Waals surface area contributed by atoms with Gasteiger partial charge in [0.15, 0.2) is 0 Å². The van der Waals surface area contributed by atoms with E-state index in [1.807, 2.05) is 24.3 Å². The van der Waals surface area contributed by atoms with E-state index in [0.717, 1.165) is 30.0 Å². The van der Waals surface area contributed by atoms with Crippen molar-refractivity contribution < 1.29 is 13.6 Å². The molecule has 0 radical (unpaired) electrons. The van der Waals surface area contributed by atoms with Gasteiger partial charge in [-0.1, -0.05) is 23.9 Å². The molecule has 0 aliphatic carbocycles. The lowest BCUT2D eigenvalue weighted by atomic mass is 10.2. The van der Waals surface area contributed by atoms with Gasteiger partial charge >= 0.3 is 0 Å². The molecule has 0 aliphatic rings. The van der Waals surface area contributed by atoms with E-state index < -0.39 is 5.76 Å². The van der Waals surface area contributed by atoms with Crippen molar-refractivity contribution in [2.75, 3.05) is 23.3 Å². The van der Waals surface area contributed by atoms with Gasteiger partial charge in [-0.05, 0) is 61.9 Å². The second-order valence-electron chi connectivity index (χ2n) is 5.49. The largest absolute Gasteiger partial charge is 0.372 e. The Kier molecular flexibility index (Phi) is 7.66. The number of hydrogen-bond acceptors (Lipinski definition) is 3. The van der Waals surface area contributed by atoms with Gasteiger partial charge < -0.3 is 10.2 Å². The second kappa shape index (κ2) is 9.97. The molecule has 138 valence electrons. The third-order valence-corrected chi connectivity index (χ3v) is 4.52. The Balaban J connectivity index is 1.92. The summed E-state index contributed by atoms with van der Waals surface area (Å²) >= 11 is 0.499. The third kappa shape index (κ3) is 6.19. The molecule has 1 amide bonds. The molecular weight excluding hydrogens is 354 g/mol. The predicted molar refractivity (Wildman–Crippen MR) is 106 cm³/mol. The van der Waals surface area contributed by atoms with Crippen LogP contribution in [0.2, 0.25) is 0 Å². The zero-order chi connectivity index (χ0) is 18.9. The number of thioether (sulfide) groups is 1. The SMILES string of the molecule is CCN(CC)c1ccc(NC(=O)/C=C/c2ccc(SC(F)F)cc2)cc1. The van der Waals surface area contributed by atoms with E-state index in [1.165, 1.54) is 6.08 Å². The van der Waals surface area contributed by atoms with E-state index in [4.69, 9.17) is 0 Å². The maximum absolute atomic E-state index is 12.3. The topological polar surface area (TPSA) is 32.3 Å². The predicted octanol–water partition coefficient (Wildman–Crippen LogP) is 5.50. The van der Waals surface area contributed by atoms with E-state index in [9.17, 15) is 13.6 Å². The fourth-order valence-corrected chi connectivity index (χ4v) is 2.96. The average molecular weight is 376 g/mol. The normalized spacial score (nSPS) is 11.1. The Hall–Kier alpha value is -2.34. The number of nitrogens with one attached hydrogen (secondary N) is 1. The number of amides is 1. The highest BCUT2D eigenvalue weighted by molar-refractivity contribution is 7.99. The summed E-state index contributed by atoms with van der Waals surface area (Å²) < 4.78 is 24.6. The van der Waals surface area contributed by atoms with Crippen molar-refractivity contribution in [2.45, 2.75) is 24.5 Å². The van der Waals surface area contributed by atoms with Crippen LogP contribution in [0.15, 0.2) is 59.5 Å². The zero-order valence-corrected chi connectivity index (χ0v) is 15.6. The van der Waals surface area contributed by atoms with Crippen LogP contribution in [0.25, 0.3) is 6.08 Å². The standard InChI is InChI=1S/C20H22F2N2OS/c1-3-24(4-2)17-10-8-16(9-11-17)23-19(25)14-7-15-5-12-18(13-6-15)26-20(21)22/h5-14,20H,3-4H2,1-2H3,(H,23,25)/b14-7+. The van der Waals surface area contributed by atoms with Crippen LogP contribution in [-0.4, -0.2) is 24.8 Å². The molecule has 0 unspecified atom stereocenters. The van der Waals surface area contributed by atoms with Crippen LogP contribution in [0.5, 0.6) is 0 Å². The number of anilines is 2. The summed E-state index contributed by atoms with van der Waals surface area (Å²) in [5, 5.41) is 2.80. The van der Waals surface area contributed by atoms with Gasteiger partial charge in [-0.2, -0.15) is 8.78 Å². The van der Waals surface area contributed by atoms with Crippen LogP contribution in [0.4, 0.5) is 20.2 Å². The summed E-state index contributed by atoms with van der Waals surface area (Å²) in [4.78, 5) is 14.7. The number of carbonyl (C=O) groups excluding carboxylic acids is 1. The number of halogens is 2. The number of rotatable bonds is 8. The van der Waals surface area contributed by atoms with Crippen LogP contribution in [-0.2, 0) is 4.79 Å². The summed E-state index contributed by atoms with van der Waals surface area (Å²) in [7, 11) is 0. The molecule has 2 aromatic rings. The summed E-state index contributed by atoms with van der Waals surface area (Å²) in [5.41, 5.74) is 2.61. The van der Waals surface area contributed by atoms with Crippen molar-refractivity contribution in [3.8, 4) is 0 Å². The van der Waals surface area contributed by atoms with Crippen molar-refractivity contribution in [2.24, 2.45) is 0 Å². The minimum absolute atomic E-state index is 0.244. The molecule has 0 spiro atoms. The van der Waals surface area contributed by atoms with Gasteiger partial charge in [-0.3, -0.25) is 4.79 Å². The number of hydrogen-bond donors (Lipinski definition) is 1. The molecule has 0 saturated carbocycles. The first-order valence-electron chi connectivity index (χ1n) is 8.40. The molecule has 0 saturated heterocycles. The minimum Gasteiger partial charge on any atom is -0.372 e. The Morgan fingerprint density at radius 1 is 1.08 bits per heavy atom. The van der Waals surface area contributed by atoms with E-state index >= 15 is 0 Å². The van der Waals surface area contributed by atoms with Gasteiger partial charge in [0.25, 0.3) is 5.76 Å². The molecule has 0 aliphatic heterocycles. The highest BCUT2D eigenvalue weighted by Gasteiger charge is 2.05. The molecule has 0 atom stereocenters. The van der Waals surface area contributed by atoms with Gasteiger partial charge in [-0.25, -0.2) is 0 Å². The van der Waals surface area contributed by atoms with Crippen molar-refractivity contribution in [1.82, 2.24) is 0 Å². The van der Waals surface area contributed by atoms with Crippen LogP contribution in [0.1, 0.15) is 19.4 Å². The van der Waals surface area contributed by atoms with Crippen LogP contribution >= 0.6 is 11.8 Å². The van der Waals surface area contributed by atoms with E-state index in [-0.39, 0.29) is 5.91 Å². The van der Waals surface area contributed by atoms with E-state index in [1.54, 1.807) is 30.3 Å². The van der Waals surface area contributed by atoms with Gasteiger partial charge in [0, 0.05) is 35.4 Å². The molecular formula is C20H22F2N2OS. The molecule has 0 bridgehead atoms. The lowest BCUT2D eigenvalue weighted by molar-refractivity contribution is -0.111. The van der Waals surface area contributed by atoms with Crippen molar-refractivity contribution in [3.63, 3.8) is 0 Å². The summed E-state index contributed by atoms with van der Waals surface area (Å²) in [5.74, 6) is -2.68. The highest BCUT2D eigenvalue weighted by Crippen LogP contribution is 2.25. The van der Waals surface area contributed by atoms with Gasteiger partial charge in [0.05, 0.1) is 0 Å². The smallest absolute Gasteiger partial charge is 0.288 e. The van der Waals surface area contributed by atoms with Crippen molar-refractivity contribution >= 4 is 35.1 Å². The Labute approximate surface area is 157 Å². The Bertz CT molecular complexity index is 726. The van der Waals surface area contributed by atoms with Crippen LogP contribution in [0, 0.1) is 0 Å². The number of carbonyl (C=O) groups is 1. The van der Waals surface area contributed by atoms with Crippen LogP contribution < -0.4 is 10.2 Å². The molecule has 0 aromatic heterocycles. The summed E-state index contributed by atoms with van der Waals surface area (Å²) in [6.07, 6.45) is 3.07. The summed E-state index contributed by atoms with van der Waals surface area (Å²) in [6, 6.07) is 14.3. The highest BCUT2D eigenvalue weighted by atomic mass is 32.2. The summed E-state index contributed by atoms with van der Waals surface area (Å²) in [6.45, 7) is 6.06. The monoisotopic (exact) mass is 376 g/mol. The first kappa shape index (κ1) is 20.0. The van der Waals surface area contributed by atoms with Gasteiger partial charge in [0.2, 0.25) is 5.91 Å².